The number of nitrogens with one attached hydrogen (secondary N) is 2. The molecule has 2 aromatic carbocycles. The molecule has 3 aromatic rings. The Kier molecular flexibility index (Phi) is 10.7. The fourth-order valence-corrected chi connectivity index (χ4v) is 6.63. The molecule has 11 heteroatoms. The Morgan fingerprint density at radius 1 is 1.07 bits per heavy atom. The van der Waals surface area contributed by atoms with Crippen molar-refractivity contribution >= 4 is 45.4 Å². The van der Waals surface area contributed by atoms with E-state index in [2.05, 4.69) is 15.6 Å². The Morgan fingerprint density at radius 3 is 2.49 bits per heavy atom. The van der Waals surface area contributed by atoms with Gasteiger partial charge in [0.1, 0.15) is 6.61 Å². The first-order valence-corrected chi connectivity index (χ1v) is 15.5. The number of para-hydroxylation sites is 1. The van der Waals surface area contributed by atoms with Crippen molar-refractivity contribution < 1.29 is 29.0 Å². The highest BCUT2D eigenvalue weighted by molar-refractivity contribution is 7.20. The van der Waals surface area contributed by atoms with Gasteiger partial charge in [0.15, 0.2) is 5.01 Å². The molecule has 0 radical (unpaired) electrons. The van der Waals surface area contributed by atoms with Crippen LogP contribution < -0.4 is 10.6 Å². The number of fused-ring (bicyclic) bond motifs is 1. The van der Waals surface area contributed by atoms with Crippen LogP contribution in [0.2, 0.25) is 0 Å². The van der Waals surface area contributed by atoms with Crippen molar-refractivity contribution in [2.75, 3.05) is 13.1 Å². The minimum atomic E-state index is -1.05. The first-order valence-electron chi connectivity index (χ1n) is 14.7. The van der Waals surface area contributed by atoms with E-state index >= 15 is 0 Å². The molecule has 1 saturated heterocycles. The maximum atomic E-state index is 13.7. The van der Waals surface area contributed by atoms with Crippen molar-refractivity contribution in [2.45, 2.75) is 71.6 Å². The molecule has 0 bridgehead atoms. The molecule has 0 aliphatic carbocycles. The fraction of sp³-hybridized carbons (Fsp3) is 0.469. The summed E-state index contributed by atoms with van der Waals surface area (Å²) in [5.41, 5.74) is 1.13. The summed E-state index contributed by atoms with van der Waals surface area (Å²) >= 11 is 1.29. The second kappa shape index (κ2) is 14.5. The Balaban J connectivity index is 1.41. The Morgan fingerprint density at radius 2 is 1.79 bits per heavy atom. The van der Waals surface area contributed by atoms with E-state index in [1.165, 1.54) is 16.2 Å². The predicted octanol–water partition coefficient (Wildman–Crippen LogP) is 5.87. The number of alkyl carbamates (subject to hydrolysis) is 1. The topological polar surface area (TPSA) is 138 Å². The van der Waals surface area contributed by atoms with Gasteiger partial charge in [0, 0.05) is 13.1 Å². The number of nitrogens with zero attached hydrogens (tertiary/aromatic N) is 2. The van der Waals surface area contributed by atoms with Crippen molar-refractivity contribution in [3.63, 3.8) is 0 Å². The van der Waals surface area contributed by atoms with Crippen LogP contribution in [-0.2, 0) is 16.1 Å². The van der Waals surface area contributed by atoms with E-state index < -0.39 is 35.6 Å². The molecule has 1 aliphatic rings. The van der Waals surface area contributed by atoms with E-state index in [4.69, 9.17) is 4.74 Å². The largest absolute Gasteiger partial charge is 0.465 e. The van der Waals surface area contributed by atoms with Gasteiger partial charge < -0.3 is 25.4 Å². The Bertz CT molecular complexity index is 1390. The Labute approximate surface area is 255 Å². The monoisotopic (exact) mass is 608 g/mol. The molecule has 1 aliphatic heterocycles. The maximum absolute atomic E-state index is 13.7. The van der Waals surface area contributed by atoms with Crippen molar-refractivity contribution in [3.8, 4) is 0 Å². The van der Waals surface area contributed by atoms with E-state index in [1.807, 2.05) is 75.4 Å². The molecule has 4 rings (SSSR count). The summed E-state index contributed by atoms with van der Waals surface area (Å²) in [4.78, 5) is 57.5. The van der Waals surface area contributed by atoms with Crippen LogP contribution in [0.25, 0.3) is 10.2 Å². The number of aromatic nitrogens is 1. The van der Waals surface area contributed by atoms with Crippen LogP contribution in [-0.4, -0.2) is 64.0 Å². The molecule has 1 fully saturated rings. The molecule has 0 saturated carbocycles. The van der Waals surface area contributed by atoms with Crippen molar-refractivity contribution in [1.29, 1.82) is 0 Å². The van der Waals surface area contributed by atoms with Crippen LogP contribution >= 0.6 is 11.3 Å². The minimum absolute atomic E-state index is 0.174. The summed E-state index contributed by atoms with van der Waals surface area (Å²) in [5.74, 6) is -1.19. The number of Topliss-reactive ketones (excluding diaryl/α,β-unsaturated/α-hetero) is 1. The van der Waals surface area contributed by atoms with Gasteiger partial charge in [-0.15, -0.1) is 11.3 Å². The number of benzene rings is 2. The van der Waals surface area contributed by atoms with Crippen molar-refractivity contribution in [2.24, 2.45) is 11.3 Å². The van der Waals surface area contributed by atoms with Crippen LogP contribution in [0.3, 0.4) is 0 Å². The molecule has 1 unspecified atom stereocenters. The predicted molar refractivity (Wildman–Crippen MR) is 165 cm³/mol. The normalized spacial score (nSPS) is 17.7. The number of piperidine rings is 1. The lowest BCUT2D eigenvalue weighted by Gasteiger charge is -2.46. The number of rotatable bonds is 11. The SMILES string of the molecule is CC(C)(C)C1[C@H](C(=O)N[C@@H](CCCCNC(=O)OCc2ccccc2)C(=O)c2nc3ccccc3s2)CCCN1C(=O)O. The molecule has 3 N–H and O–H groups in total. The molecule has 230 valence electrons. The van der Waals surface area contributed by atoms with Crippen molar-refractivity contribution in [3.05, 3.63) is 65.2 Å². The van der Waals surface area contributed by atoms with E-state index in [-0.39, 0.29) is 18.3 Å². The highest BCUT2D eigenvalue weighted by Gasteiger charge is 2.45. The Hall–Kier alpha value is -3.99. The van der Waals surface area contributed by atoms with E-state index in [1.54, 1.807) is 0 Å². The van der Waals surface area contributed by atoms with Gasteiger partial charge in [-0.1, -0.05) is 63.2 Å². The number of hydrogen-bond acceptors (Lipinski definition) is 7. The fourth-order valence-electron chi connectivity index (χ4n) is 5.67. The van der Waals surface area contributed by atoms with Crippen LogP contribution in [0.1, 0.15) is 68.2 Å². The van der Waals surface area contributed by atoms with Gasteiger partial charge in [-0.3, -0.25) is 9.59 Å². The third kappa shape index (κ3) is 8.53. The second-order valence-corrected chi connectivity index (χ2v) is 13.0. The maximum Gasteiger partial charge on any atom is 0.407 e. The molecule has 10 nitrogen and oxygen atoms in total. The number of ketones is 1. The third-order valence-corrected chi connectivity index (χ3v) is 8.69. The van der Waals surface area contributed by atoms with Gasteiger partial charge in [-0.2, -0.15) is 0 Å². The summed E-state index contributed by atoms with van der Waals surface area (Å²) < 4.78 is 6.13. The number of likely N-dealkylation sites (tertiary alicyclic amines) is 1. The number of amides is 3. The molecule has 0 spiro atoms. The van der Waals surface area contributed by atoms with Crippen molar-refractivity contribution in [1.82, 2.24) is 20.5 Å². The lowest BCUT2D eigenvalue weighted by Crippen LogP contribution is -2.59. The summed E-state index contributed by atoms with van der Waals surface area (Å²) in [5, 5.41) is 15.9. The zero-order valence-electron chi connectivity index (χ0n) is 24.9. The zero-order chi connectivity index (χ0) is 31.0. The quantitative estimate of drug-likeness (QED) is 0.183. The van der Waals surface area contributed by atoms with Crippen LogP contribution in [0.5, 0.6) is 0 Å². The summed E-state index contributed by atoms with van der Waals surface area (Å²) in [6.45, 7) is 6.69. The molecule has 3 atom stereocenters. The van der Waals surface area contributed by atoms with Crippen LogP contribution in [0.15, 0.2) is 54.6 Å². The number of hydrogen-bond donors (Lipinski definition) is 3. The first-order chi connectivity index (χ1) is 20.5. The van der Waals surface area contributed by atoms with Crippen LogP contribution in [0.4, 0.5) is 9.59 Å². The van der Waals surface area contributed by atoms with Gasteiger partial charge in [0.05, 0.1) is 28.2 Å². The molecule has 1 aromatic heterocycles. The molecule has 43 heavy (non-hydrogen) atoms. The van der Waals surface area contributed by atoms with Gasteiger partial charge in [-0.25, -0.2) is 14.6 Å². The minimum Gasteiger partial charge on any atom is -0.465 e. The standard InChI is InChI=1S/C32H40N4O6S/c1-32(2,3)27-22(14-11-19-36(27)31(40)41)28(38)34-24(26(37)29-35-23-15-7-8-17-25(23)43-29)16-9-10-18-33-30(39)42-20-21-12-5-4-6-13-21/h4-8,12-13,15,17,22,24,27H,9-11,14,16,18-20H2,1-3H3,(H,33,39)(H,34,38)(H,40,41)/t22-,24+,27?/m1/s1. The molecule has 3 amide bonds. The summed E-state index contributed by atoms with van der Waals surface area (Å²) in [6.07, 6.45) is 1.00. The van der Waals surface area contributed by atoms with E-state index in [9.17, 15) is 24.3 Å². The second-order valence-electron chi connectivity index (χ2n) is 11.9. The van der Waals surface area contributed by atoms with Gasteiger partial charge in [0.25, 0.3) is 0 Å². The highest BCUT2D eigenvalue weighted by Crippen LogP contribution is 2.36. The molecule has 2 heterocycles. The first kappa shape index (κ1) is 31.9. The third-order valence-electron chi connectivity index (χ3n) is 7.64. The number of carbonyl (C=O) groups excluding carboxylic acids is 3. The average Bonchev–Trinajstić information content (AvgIpc) is 3.43. The number of thiazole rings is 1. The summed E-state index contributed by atoms with van der Waals surface area (Å²) in [7, 11) is 0. The number of carbonyl (C=O) groups is 4. The highest BCUT2D eigenvalue weighted by atomic mass is 32.1. The van der Waals surface area contributed by atoms with Gasteiger partial charge >= 0.3 is 12.2 Å². The summed E-state index contributed by atoms with van der Waals surface area (Å²) in [6, 6.07) is 15.5. The van der Waals surface area contributed by atoms with Gasteiger partial charge in [0.2, 0.25) is 11.7 Å². The molecular formula is C32H40N4O6S. The number of unbranched alkanes of at least 4 members (excludes halogenated alkanes) is 1. The lowest BCUT2D eigenvalue weighted by molar-refractivity contribution is -0.131. The van der Waals surface area contributed by atoms with E-state index in [0.717, 1.165) is 15.8 Å². The lowest BCUT2D eigenvalue weighted by atomic mass is 9.73. The number of ether oxygens (including phenoxy) is 1. The number of carboxylic acid groups (broad SMARTS) is 1. The van der Waals surface area contributed by atoms with Crippen LogP contribution in [0, 0.1) is 11.3 Å². The van der Waals surface area contributed by atoms with E-state index in [0.29, 0.717) is 50.2 Å². The van der Waals surface area contributed by atoms with Gasteiger partial charge in [-0.05, 0) is 55.2 Å². The molecular weight excluding hydrogens is 568 g/mol. The zero-order valence-corrected chi connectivity index (χ0v) is 25.7. The smallest absolute Gasteiger partial charge is 0.407 e. The average molecular weight is 609 g/mol.